The first-order valence-electron chi connectivity index (χ1n) is 17.2. The number of esters is 1. The molecule has 2 aliphatic carbocycles. The molecule has 1 saturated heterocycles. The molecule has 3 aromatic rings. The van der Waals surface area contributed by atoms with Crippen LogP contribution in [-0.4, -0.2) is 59.5 Å². The Bertz CT molecular complexity index is 1780. The molecule has 1 unspecified atom stereocenters. The summed E-state index contributed by atoms with van der Waals surface area (Å²) in [6.07, 6.45) is -1.69. The lowest BCUT2D eigenvalue weighted by atomic mass is 9.51. The van der Waals surface area contributed by atoms with Crippen LogP contribution < -0.4 is 4.74 Å². The number of nitrogens with zero attached hydrogens (tertiary/aromatic N) is 2. The number of hydrogen-bond donors (Lipinski definition) is 0. The third-order valence-electron chi connectivity index (χ3n) is 10.9. The largest absolute Gasteiger partial charge is 0.487 e. The number of hydrogen-bond acceptors (Lipinski definition) is 5. The molecule has 2 heterocycles. The first-order chi connectivity index (χ1) is 23.5. The van der Waals surface area contributed by atoms with Gasteiger partial charge in [-0.05, 0) is 85.5 Å². The summed E-state index contributed by atoms with van der Waals surface area (Å²) in [5, 5.41) is 0. The normalized spacial score (nSPS) is 25.8. The van der Waals surface area contributed by atoms with E-state index in [1.807, 2.05) is 35.2 Å². The van der Waals surface area contributed by atoms with Crippen LogP contribution in [0.15, 0.2) is 72.8 Å². The lowest BCUT2D eigenvalue weighted by Crippen LogP contribution is -2.69. The standard InChI is InChI=1S/C40H41F3N2O4/c1-25(2)23-45(36(47)19-14-27-12-15-30(16-13-27)40(41,42)43)32-18-17-31-33-22-29-10-7-11-34-37(29)39(31,38(32)49-34)20-21-44(33)24-35(48-26(3)46)28-8-5-4-6-9-28/h4-13,15-16,25,31-33,35,38H,17-18,20-24H2,1-3H3/t31-,32+,33+,35?,38-,39-/m0/s1. The molecule has 6 atom stereocenters. The van der Waals surface area contributed by atoms with Crippen molar-refractivity contribution in [2.45, 2.75) is 82.3 Å². The minimum absolute atomic E-state index is 0.170. The minimum Gasteiger partial charge on any atom is -0.487 e. The lowest BCUT2D eigenvalue weighted by Gasteiger charge is -2.60. The van der Waals surface area contributed by atoms with Crippen LogP contribution >= 0.6 is 0 Å². The monoisotopic (exact) mass is 670 g/mol. The average Bonchev–Trinajstić information content (AvgIpc) is 3.41. The number of halogens is 3. The number of amides is 1. The zero-order valence-corrected chi connectivity index (χ0v) is 28.0. The van der Waals surface area contributed by atoms with Crippen LogP contribution in [0.2, 0.25) is 0 Å². The molecule has 9 heteroatoms. The van der Waals surface area contributed by atoms with E-state index in [-0.39, 0.29) is 47.5 Å². The molecule has 1 saturated carbocycles. The van der Waals surface area contributed by atoms with Gasteiger partial charge in [0.05, 0.1) is 11.6 Å². The van der Waals surface area contributed by atoms with Crippen LogP contribution in [0.5, 0.6) is 5.75 Å². The van der Waals surface area contributed by atoms with Gasteiger partial charge >= 0.3 is 12.1 Å². The van der Waals surface area contributed by atoms with Crippen molar-refractivity contribution in [2.75, 3.05) is 19.6 Å². The van der Waals surface area contributed by atoms with E-state index in [0.29, 0.717) is 24.6 Å². The van der Waals surface area contributed by atoms with Gasteiger partial charge in [0.2, 0.25) is 0 Å². The van der Waals surface area contributed by atoms with E-state index in [1.54, 1.807) is 0 Å². The molecule has 256 valence electrons. The summed E-state index contributed by atoms with van der Waals surface area (Å²) in [5.74, 6) is 6.30. The number of piperidine rings is 1. The van der Waals surface area contributed by atoms with Gasteiger partial charge in [0.1, 0.15) is 18.0 Å². The average molecular weight is 671 g/mol. The fourth-order valence-electron chi connectivity index (χ4n) is 9.11. The van der Waals surface area contributed by atoms with Crippen molar-refractivity contribution in [2.24, 2.45) is 11.8 Å². The summed E-state index contributed by atoms with van der Waals surface area (Å²) in [5.41, 5.74) is 2.87. The second-order valence-electron chi connectivity index (χ2n) is 14.3. The van der Waals surface area contributed by atoms with Crippen LogP contribution in [0.4, 0.5) is 13.2 Å². The summed E-state index contributed by atoms with van der Waals surface area (Å²) in [7, 11) is 0. The van der Waals surface area contributed by atoms with Crippen molar-refractivity contribution in [3.8, 4) is 17.6 Å². The molecule has 1 amide bonds. The Morgan fingerprint density at radius 2 is 1.80 bits per heavy atom. The summed E-state index contributed by atoms with van der Waals surface area (Å²) in [6.45, 7) is 7.49. The van der Waals surface area contributed by atoms with E-state index in [9.17, 15) is 22.8 Å². The van der Waals surface area contributed by atoms with Crippen molar-refractivity contribution < 1.29 is 32.2 Å². The molecule has 0 aromatic heterocycles. The molecule has 1 spiro atoms. The van der Waals surface area contributed by atoms with E-state index in [2.05, 4.69) is 48.8 Å². The highest BCUT2D eigenvalue weighted by Gasteiger charge is 2.66. The van der Waals surface area contributed by atoms with Crippen LogP contribution in [0.1, 0.15) is 74.0 Å². The van der Waals surface area contributed by atoms with Crippen LogP contribution in [-0.2, 0) is 32.3 Å². The van der Waals surface area contributed by atoms with Gasteiger partial charge in [0.25, 0.3) is 5.91 Å². The quantitative estimate of drug-likeness (QED) is 0.201. The maximum absolute atomic E-state index is 13.9. The van der Waals surface area contributed by atoms with E-state index < -0.39 is 11.7 Å². The SMILES string of the molecule is CC(=O)OC(CN1CC[C@]23c4c5cccc4O[C@H]2[C@H](N(CC(C)C)C(=O)C#Cc2ccc(C(F)(F)F)cc2)CC[C@H]3[C@H]1C5)c1ccccc1. The molecule has 4 aliphatic rings. The predicted molar refractivity (Wildman–Crippen MR) is 179 cm³/mol. The Balaban J connectivity index is 1.19. The Hall–Kier alpha value is -4.29. The summed E-state index contributed by atoms with van der Waals surface area (Å²) >= 11 is 0. The van der Waals surface area contributed by atoms with Crippen molar-refractivity contribution in [3.63, 3.8) is 0 Å². The van der Waals surface area contributed by atoms with Crippen molar-refractivity contribution in [1.82, 2.24) is 9.80 Å². The van der Waals surface area contributed by atoms with Crippen LogP contribution in [0.3, 0.4) is 0 Å². The molecule has 2 aliphatic heterocycles. The number of ether oxygens (including phenoxy) is 2. The molecule has 3 aromatic carbocycles. The van der Waals surface area contributed by atoms with Crippen molar-refractivity contribution in [1.29, 1.82) is 0 Å². The molecule has 0 N–H and O–H groups in total. The van der Waals surface area contributed by atoms with Gasteiger partial charge in [-0.25, -0.2) is 0 Å². The molecule has 7 rings (SSSR count). The Labute approximate surface area is 285 Å². The van der Waals surface area contributed by atoms with Gasteiger partial charge < -0.3 is 14.4 Å². The second kappa shape index (κ2) is 12.9. The minimum atomic E-state index is -4.44. The second-order valence-corrected chi connectivity index (χ2v) is 14.3. The number of alkyl halides is 3. The van der Waals surface area contributed by atoms with E-state index in [0.717, 1.165) is 55.7 Å². The van der Waals surface area contributed by atoms with Crippen molar-refractivity contribution >= 4 is 11.9 Å². The molecule has 6 nitrogen and oxygen atoms in total. The van der Waals surface area contributed by atoms with Gasteiger partial charge in [0, 0.05) is 48.5 Å². The van der Waals surface area contributed by atoms with Crippen molar-refractivity contribution in [3.05, 3.63) is 101 Å². The number of carbonyl (C=O) groups excluding carboxylic acids is 2. The number of likely N-dealkylation sites (tertiary alicyclic amines) is 1. The smallest absolute Gasteiger partial charge is 0.416 e. The summed E-state index contributed by atoms with van der Waals surface area (Å²) in [4.78, 5) is 30.5. The maximum atomic E-state index is 13.9. The number of rotatable bonds is 7. The van der Waals surface area contributed by atoms with E-state index in [1.165, 1.54) is 30.2 Å². The van der Waals surface area contributed by atoms with Gasteiger partial charge in [-0.1, -0.05) is 62.2 Å². The fourth-order valence-corrected chi connectivity index (χ4v) is 9.11. The number of carbonyl (C=O) groups is 2. The highest BCUT2D eigenvalue weighted by molar-refractivity contribution is 5.94. The Kier molecular flexibility index (Phi) is 8.72. The van der Waals surface area contributed by atoms with Gasteiger partial charge in [-0.15, -0.1) is 0 Å². The van der Waals surface area contributed by atoms with E-state index in [4.69, 9.17) is 9.47 Å². The first kappa shape index (κ1) is 33.2. The maximum Gasteiger partial charge on any atom is 0.416 e. The predicted octanol–water partition coefficient (Wildman–Crippen LogP) is 6.95. The molecule has 2 fully saturated rings. The fraction of sp³-hybridized carbons (Fsp3) is 0.450. The first-order valence-corrected chi connectivity index (χ1v) is 17.2. The van der Waals surface area contributed by atoms with E-state index >= 15 is 0 Å². The third kappa shape index (κ3) is 6.09. The van der Waals surface area contributed by atoms with Gasteiger partial charge in [-0.3, -0.25) is 14.5 Å². The summed E-state index contributed by atoms with van der Waals surface area (Å²) in [6, 6.07) is 20.8. The highest BCUT2D eigenvalue weighted by Crippen LogP contribution is 2.62. The zero-order chi connectivity index (χ0) is 34.5. The topological polar surface area (TPSA) is 59.1 Å². The zero-order valence-electron chi connectivity index (χ0n) is 28.0. The molecule has 49 heavy (non-hydrogen) atoms. The Morgan fingerprint density at radius 3 is 2.49 bits per heavy atom. The van der Waals surface area contributed by atoms with Crippen LogP contribution in [0, 0.1) is 23.7 Å². The van der Waals surface area contributed by atoms with Crippen LogP contribution in [0.25, 0.3) is 0 Å². The lowest BCUT2D eigenvalue weighted by molar-refractivity contribution is -0.151. The third-order valence-corrected chi connectivity index (χ3v) is 10.9. The number of benzene rings is 3. The molecule has 0 radical (unpaired) electrons. The molecular formula is C40H41F3N2O4. The Morgan fingerprint density at radius 1 is 1.04 bits per heavy atom. The van der Waals surface area contributed by atoms with Gasteiger partial charge in [-0.2, -0.15) is 13.2 Å². The summed E-state index contributed by atoms with van der Waals surface area (Å²) < 4.78 is 52.0. The highest BCUT2D eigenvalue weighted by atomic mass is 19.4. The van der Waals surface area contributed by atoms with Gasteiger partial charge in [0.15, 0.2) is 0 Å². The molecule has 2 bridgehead atoms. The molecular weight excluding hydrogens is 629 g/mol.